The van der Waals surface area contributed by atoms with E-state index in [1.807, 2.05) is 0 Å². The van der Waals surface area contributed by atoms with Gasteiger partial charge in [0, 0.05) is 6.20 Å². The highest BCUT2D eigenvalue weighted by molar-refractivity contribution is 6.31. The number of rotatable bonds is 1. The van der Waals surface area contributed by atoms with Crippen LogP contribution in [0.2, 0.25) is 5.02 Å². The molecule has 0 saturated heterocycles. The van der Waals surface area contributed by atoms with Crippen LogP contribution >= 0.6 is 11.6 Å². The second-order valence-electron chi connectivity index (χ2n) is 4.13. The van der Waals surface area contributed by atoms with E-state index in [-0.39, 0.29) is 23.1 Å². The van der Waals surface area contributed by atoms with Crippen molar-refractivity contribution >= 4 is 23.3 Å². The molecule has 0 radical (unpaired) electrons. The van der Waals surface area contributed by atoms with Crippen LogP contribution < -0.4 is 10.3 Å². The largest absolute Gasteiger partial charge is 0.476 e. The summed E-state index contributed by atoms with van der Waals surface area (Å²) in [5, 5.41) is 8.35. The molecule has 0 saturated carbocycles. The van der Waals surface area contributed by atoms with E-state index in [1.54, 1.807) is 0 Å². The number of hydrogen-bond donors (Lipinski definition) is 2. The molecule has 110 valence electrons. The van der Waals surface area contributed by atoms with Crippen LogP contribution in [0.25, 0.3) is 5.69 Å². The number of nitrogens with one attached hydrogen (secondary N) is 1. The lowest BCUT2D eigenvalue weighted by atomic mass is 10.1. The summed E-state index contributed by atoms with van der Waals surface area (Å²) in [7, 11) is 0. The monoisotopic (exact) mass is 319 g/mol. The zero-order valence-corrected chi connectivity index (χ0v) is 10.7. The van der Waals surface area contributed by atoms with E-state index >= 15 is 0 Å². The fourth-order valence-corrected chi connectivity index (χ4v) is 2.14. The highest BCUT2D eigenvalue weighted by atomic mass is 35.5. The van der Waals surface area contributed by atoms with Crippen molar-refractivity contribution in [3.8, 4) is 11.7 Å². The number of aromatic carboxylic acids is 1. The molecule has 2 aromatic rings. The molecule has 0 atom stereocenters. The Balaban J connectivity index is 2.17. The fraction of sp³-hybridized carbons (Fsp3) is 0.0909. The lowest BCUT2D eigenvalue weighted by Crippen LogP contribution is -2.18. The van der Waals surface area contributed by atoms with Gasteiger partial charge < -0.3 is 9.94 Å². The van der Waals surface area contributed by atoms with Crippen molar-refractivity contribution in [3.63, 3.8) is 0 Å². The van der Waals surface area contributed by atoms with Crippen molar-refractivity contribution < 1.29 is 27.9 Å². The summed E-state index contributed by atoms with van der Waals surface area (Å²) >= 11 is 5.64. The Kier molecular flexibility index (Phi) is 2.77. The van der Waals surface area contributed by atoms with Crippen LogP contribution in [-0.4, -0.2) is 20.6 Å². The zero-order valence-electron chi connectivity index (χ0n) is 9.90. The van der Waals surface area contributed by atoms with Crippen LogP contribution in [-0.2, 0) is 6.18 Å². The average molecular weight is 320 g/mol. The van der Waals surface area contributed by atoms with E-state index in [2.05, 4.69) is 10.5 Å². The molecule has 0 spiro atoms. The lowest BCUT2D eigenvalue weighted by molar-refractivity contribution is -0.137. The smallest absolute Gasteiger partial charge is 0.417 e. The molecule has 2 heterocycles. The molecule has 0 amide bonds. The van der Waals surface area contributed by atoms with Gasteiger partial charge in [0.15, 0.2) is 5.69 Å². The second kappa shape index (κ2) is 4.29. The first-order chi connectivity index (χ1) is 9.77. The molecule has 0 bridgehead atoms. The van der Waals surface area contributed by atoms with Gasteiger partial charge in [-0.25, -0.2) is 10.3 Å². The average Bonchev–Trinajstić information content (AvgIpc) is 2.81. The Morgan fingerprint density at radius 2 is 2.14 bits per heavy atom. The predicted molar refractivity (Wildman–Crippen MR) is 64.8 cm³/mol. The maximum Gasteiger partial charge on any atom is 0.417 e. The third-order valence-electron chi connectivity index (χ3n) is 2.80. The first-order valence-electron chi connectivity index (χ1n) is 5.44. The molecular weight excluding hydrogens is 315 g/mol. The number of benzene rings is 1. The van der Waals surface area contributed by atoms with E-state index < -0.39 is 22.7 Å². The molecule has 0 fully saturated rings. The summed E-state index contributed by atoms with van der Waals surface area (Å²) in [6.45, 7) is 0. The van der Waals surface area contributed by atoms with Crippen LogP contribution in [0.5, 0.6) is 6.01 Å². The number of halogens is 4. The number of carboxylic acids is 1. The van der Waals surface area contributed by atoms with Crippen LogP contribution in [0.3, 0.4) is 0 Å². The molecule has 6 nitrogen and oxygen atoms in total. The third-order valence-corrected chi connectivity index (χ3v) is 3.11. The van der Waals surface area contributed by atoms with Crippen molar-refractivity contribution in [2.24, 2.45) is 0 Å². The van der Waals surface area contributed by atoms with Crippen molar-refractivity contribution in [1.29, 1.82) is 0 Å². The standard InChI is InChI=1S/C11H5ClF3N3O3/c12-5-2-8-6(1-4(5)11(13,14)15)17-21-10-16-7(9(19)20)3-18(8)10/h1-3,17H,(H,19,20). The van der Waals surface area contributed by atoms with Crippen molar-refractivity contribution in [2.45, 2.75) is 6.18 Å². The summed E-state index contributed by atoms with van der Waals surface area (Å²) in [6.07, 6.45) is -3.49. The first-order valence-corrected chi connectivity index (χ1v) is 5.82. The van der Waals surface area contributed by atoms with Crippen LogP contribution in [0.15, 0.2) is 18.3 Å². The van der Waals surface area contributed by atoms with Gasteiger partial charge in [-0.05, 0) is 12.1 Å². The normalized spacial score (nSPS) is 13.0. The molecule has 10 heteroatoms. The van der Waals surface area contributed by atoms with Crippen molar-refractivity contribution in [3.05, 3.63) is 34.6 Å². The highest BCUT2D eigenvalue weighted by Gasteiger charge is 2.35. The van der Waals surface area contributed by atoms with Gasteiger partial charge >= 0.3 is 18.2 Å². The molecule has 0 unspecified atom stereocenters. The summed E-state index contributed by atoms with van der Waals surface area (Å²) in [6, 6.07) is 1.73. The Labute approximate surface area is 119 Å². The van der Waals surface area contributed by atoms with Gasteiger partial charge in [-0.1, -0.05) is 11.6 Å². The van der Waals surface area contributed by atoms with Crippen molar-refractivity contribution in [2.75, 3.05) is 5.48 Å². The van der Waals surface area contributed by atoms with E-state index in [1.165, 1.54) is 4.57 Å². The number of anilines is 1. The van der Waals surface area contributed by atoms with E-state index in [0.29, 0.717) is 0 Å². The lowest BCUT2D eigenvalue weighted by Gasteiger charge is -2.21. The number of hydrogen-bond acceptors (Lipinski definition) is 4. The summed E-state index contributed by atoms with van der Waals surface area (Å²) in [4.78, 5) is 19.4. The molecule has 1 aliphatic rings. The molecular formula is C11H5ClF3N3O3. The number of carbonyl (C=O) groups is 1. The Morgan fingerprint density at radius 1 is 1.43 bits per heavy atom. The molecule has 3 rings (SSSR count). The zero-order chi connectivity index (χ0) is 15.4. The summed E-state index contributed by atoms with van der Waals surface area (Å²) in [5.74, 6) is -1.29. The van der Waals surface area contributed by atoms with Gasteiger partial charge in [0.05, 0.1) is 22.0 Å². The Hall–Kier alpha value is -2.42. The number of carboxylic acid groups (broad SMARTS) is 1. The third kappa shape index (κ3) is 2.15. The topological polar surface area (TPSA) is 76.4 Å². The molecule has 2 N–H and O–H groups in total. The Morgan fingerprint density at radius 3 is 2.76 bits per heavy atom. The number of aromatic nitrogens is 2. The van der Waals surface area contributed by atoms with Gasteiger partial charge in [-0.3, -0.25) is 4.57 Å². The van der Waals surface area contributed by atoms with E-state index in [0.717, 1.165) is 18.3 Å². The number of nitrogens with zero attached hydrogens (tertiary/aromatic N) is 2. The van der Waals surface area contributed by atoms with Gasteiger partial charge in [0.25, 0.3) is 0 Å². The highest BCUT2D eigenvalue weighted by Crippen LogP contribution is 2.40. The number of fused-ring (bicyclic) bond motifs is 3. The number of alkyl halides is 3. The molecule has 21 heavy (non-hydrogen) atoms. The predicted octanol–water partition coefficient (Wildman–Crippen LogP) is 2.96. The minimum atomic E-state index is -4.62. The van der Waals surface area contributed by atoms with Crippen LogP contribution in [0.1, 0.15) is 16.1 Å². The van der Waals surface area contributed by atoms with Crippen LogP contribution in [0.4, 0.5) is 18.9 Å². The molecule has 1 aliphatic heterocycles. The van der Waals surface area contributed by atoms with Gasteiger partial charge in [-0.15, -0.1) is 0 Å². The van der Waals surface area contributed by atoms with Crippen molar-refractivity contribution in [1.82, 2.24) is 9.55 Å². The molecule has 1 aromatic carbocycles. The van der Waals surface area contributed by atoms with E-state index in [4.69, 9.17) is 21.5 Å². The molecule has 1 aromatic heterocycles. The quantitative estimate of drug-likeness (QED) is 0.845. The summed E-state index contributed by atoms with van der Waals surface area (Å²) in [5.41, 5.74) is 1.14. The maximum atomic E-state index is 12.8. The number of imidazole rings is 1. The summed E-state index contributed by atoms with van der Waals surface area (Å²) < 4.78 is 39.5. The van der Waals surface area contributed by atoms with Gasteiger partial charge in [-0.2, -0.15) is 18.2 Å². The van der Waals surface area contributed by atoms with Crippen LogP contribution in [0, 0.1) is 0 Å². The SMILES string of the molecule is O=C(O)c1cn2c(n1)ONc1cc(C(F)(F)F)c(Cl)cc1-2. The Bertz CT molecular complexity index is 757. The minimum Gasteiger partial charge on any atom is -0.476 e. The molecule has 0 aliphatic carbocycles. The maximum absolute atomic E-state index is 12.8. The van der Waals surface area contributed by atoms with Gasteiger partial charge in [0.1, 0.15) is 0 Å². The van der Waals surface area contributed by atoms with Gasteiger partial charge in [0.2, 0.25) is 0 Å². The minimum absolute atomic E-state index is 0.00596. The second-order valence-corrected chi connectivity index (χ2v) is 4.54. The van der Waals surface area contributed by atoms with E-state index in [9.17, 15) is 18.0 Å². The first kappa shape index (κ1) is 13.6. The fourth-order valence-electron chi connectivity index (χ4n) is 1.87.